The molecule has 0 fully saturated rings. The molecule has 25 heavy (non-hydrogen) atoms. The van der Waals surface area contributed by atoms with Crippen LogP contribution in [0.2, 0.25) is 0 Å². The molecule has 1 aromatic carbocycles. The lowest BCUT2D eigenvalue weighted by atomic mass is 10.1. The number of nitrogens with one attached hydrogen (secondary N) is 2. The zero-order chi connectivity index (χ0) is 18.7. The Morgan fingerprint density at radius 3 is 2.36 bits per heavy atom. The fraction of sp³-hybridized carbons (Fsp3) is 0.579. The van der Waals surface area contributed by atoms with E-state index in [-0.39, 0.29) is 12.5 Å². The molecule has 0 spiro atoms. The summed E-state index contributed by atoms with van der Waals surface area (Å²) in [6, 6.07) is 8.53. The number of likely N-dealkylation sites (N-methyl/N-ethyl adjacent to an activating group) is 1. The molecule has 0 aromatic heterocycles. The lowest BCUT2D eigenvalue weighted by Gasteiger charge is -2.18. The summed E-state index contributed by atoms with van der Waals surface area (Å²) in [5.74, 6) is 0.679. The van der Waals surface area contributed by atoms with Crippen LogP contribution in [0.5, 0.6) is 0 Å². The van der Waals surface area contributed by atoms with Crippen molar-refractivity contribution in [3.8, 4) is 0 Å². The molecule has 1 aromatic rings. The number of rotatable bonds is 9. The maximum atomic E-state index is 11.7. The van der Waals surface area contributed by atoms with Crippen LogP contribution in [0.15, 0.2) is 29.3 Å². The second-order valence-corrected chi connectivity index (χ2v) is 6.12. The van der Waals surface area contributed by atoms with Crippen LogP contribution >= 0.6 is 0 Å². The van der Waals surface area contributed by atoms with Gasteiger partial charge in [-0.25, -0.2) is 4.99 Å². The van der Waals surface area contributed by atoms with Gasteiger partial charge in [0.1, 0.15) is 0 Å². The second-order valence-electron chi connectivity index (χ2n) is 6.12. The summed E-state index contributed by atoms with van der Waals surface area (Å²) < 4.78 is 0. The smallest absolute Gasteiger partial charge is 0.241 e. The van der Waals surface area contributed by atoms with E-state index >= 15 is 0 Å². The van der Waals surface area contributed by atoms with E-state index in [2.05, 4.69) is 58.6 Å². The Morgan fingerprint density at radius 1 is 1.08 bits per heavy atom. The minimum Gasteiger partial charge on any atom is -0.357 e. The molecule has 0 unspecified atom stereocenters. The summed E-state index contributed by atoms with van der Waals surface area (Å²) in [4.78, 5) is 20.2. The molecule has 0 saturated carbocycles. The normalized spacial score (nSPS) is 11.5. The third kappa shape index (κ3) is 8.03. The average molecular weight is 348 g/mol. The largest absolute Gasteiger partial charge is 0.357 e. The molecular weight excluding hydrogens is 314 g/mol. The molecule has 0 bridgehead atoms. The second kappa shape index (κ2) is 11.5. The summed E-state index contributed by atoms with van der Waals surface area (Å²) in [6.07, 6.45) is 0. The van der Waals surface area contributed by atoms with Crippen molar-refractivity contribution in [3.05, 3.63) is 35.4 Å². The van der Waals surface area contributed by atoms with E-state index in [0.29, 0.717) is 12.5 Å². The van der Waals surface area contributed by atoms with Gasteiger partial charge in [-0.3, -0.25) is 9.69 Å². The van der Waals surface area contributed by atoms with E-state index in [4.69, 9.17) is 0 Å². The highest BCUT2D eigenvalue weighted by Gasteiger charge is 2.06. The monoisotopic (exact) mass is 347 g/mol. The summed E-state index contributed by atoms with van der Waals surface area (Å²) >= 11 is 0. The molecule has 0 saturated heterocycles. The maximum absolute atomic E-state index is 11.7. The van der Waals surface area contributed by atoms with Crippen LogP contribution in [0.3, 0.4) is 0 Å². The predicted molar refractivity (Wildman–Crippen MR) is 105 cm³/mol. The van der Waals surface area contributed by atoms with E-state index in [9.17, 15) is 4.79 Å². The third-order valence-corrected chi connectivity index (χ3v) is 3.96. The molecule has 0 atom stereocenters. The first-order valence-corrected chi connectivity index (χ1v) is 9.02. The van der Waals surface area contributed by atoms with Crippen molar-refractivity contribution in [2.24, 2.45) is 4.99 Å². The molecule has 0 radical (unpaired) electrons. The third-order valence-electron chi connectivity index (χ3n) is 3.96. The van der Waals surface area contributed by atoms with Crippen molar-refractivity contribution >= 4 is 11.9 Å². The highest BCUT2D eigenvalue weighted by atomic mass is 16.2. The van der Waals surface area contributed by atoms with E-state index in [1.165, 1.54) is 11.1 Å². The Morgan fingerprint density at radius 2 is 1.76 bits per heavy atom. The molecule has 6 heteroatoms. The Bertz CT molecular complexity index is 553. The van der Waals surface area contributed by atoms with Gasteiger partial charge in [0.25, 0.3) is 0 Å². The van der Waals surface area contributed by atoms with Crippen LogP contribution in [0.1, 0.15) is 31.9 Å². The molecule has 2 N–H and O–H groups in total. The Kier molecular flexibility index (Phi) is 9.62. The van der Waals surface area contributed by atoms with Gasteiger partial charge >= 0.3 is 0 Å². The molecule has 0 heterocycles. The molecule has 0 aliphatic carbocycles. The van der Waals surface area contributed by atoms with E-state index in [0.717, 1.165) is 26.2 Å². The zero-order valence-electron chi connectivity index (χ0n) is 16.3. The SMILES string of the molecule is CCNC(=NCc1cccc(CN(CC)CC)c1)NCC(=O)N(C)C. The maximum Gasteiger partial charge on any atom is 0.241 e. The van der Waals surface area contributed by atoms with E-state index in [1.807, 2.05) is 6.92 Å². The molecule has 1 rings (SSSR count). The predicted octanol–water partition coefficient (Wildman–Crippen LogP) is 1.67. The molecule has 140 valence electrons. The number of hydrogen-bond acceptors (Lipinski definition) is 3. The van der Waals surface area contributed by atoms with Gasteiger partial charge in [-0.05, 0) is 31.1 Å². The number of hydrogen-bond donors (Lipinski definition) is 2. The van der Waals surface area contributed by atoms with Gasteiger partial charge in [0.05, 0.1) is 13.1 Å². The Labute approximate surface area is 152 Å². The number of carbonyl (C=O) groups excluding carboxylic acids is 1. The minimum absolute atomic E-state index is 0.0202. The first-order chi connectivity index (χ1) is 12.0. The fourth-order valence-corrected chi connectivity index (χ4v) is 2.36. The molecule has 0 aliphatic heterocycles. The van der Waals surface area contributed by atoms with Crippen molar-refractivity contribution in [2.45, 2.75) is 33.9 Å². The van der Waals surface area contributed by atoms with Crippen LogP contribution in [0.4, 0.5) is 0 Å². The highest BCUT2D eigenvalue weighted by molar-refractivity contribution is 5.86. The topological polar surface area (TPSA) is 60.0 Å². The summed E-state index contributed by atoms with van der Waals surface area (Å²) in [6.45, 7) is 11.0. The number of aliphatic imine (C=N–C) groups is 1. The number of benzene rings is 1. The quantitative estimate of drug-likeness (QED) is 0.527. The summed E-state index contributed by atoms with van der Waals surface area (Å²) in [7, 11) is 3.49. The Balaban J connectivity index is 2.70. The van der Waals surface area contributed by atoms with Crippen molar-refractivity contribution in [3.63, 3.8) is 0 Å². The van der Waals surface area contributed by atoms with Gasteiger partial charge in [0.15, 0.2) is 5.96 Å². The van der Waals surface area contributed by atoms with Crippen LogP contribution < -0.4 is 10.6 Å². The van der Waals surface area contributed by atoms with Gasteiger partial charge in [-0.2, -0.15) is 0 Å². The van der Waals surface area contributed by atoms with Crippen LogP contribution in [-0.4, -0.2) is 61.9 Å². The van der Waals surface area contributed by atoms with Gasteiger partial charge in [-0.1, -0.05) is 38.1 Å². The number of amides is 1. The summed E-state index contributed by atoms with van der Waals surface area (Å²) in [5, 5.41) is 6.25. The van der Waals surface area contributed by atoms with Crippen LogP contribution in [0.25, 0.3) is 0 Å². The van der Waals surface area contributed by atoms with Gasteiger partial charge < -0.3 is 15.5 Å². The fourth-order valence-electron chi connectivity index (χ4n) is 2.36. The lowest BCUT2D eigenvalue weighted by molar-refractivity contribution is -0.127. The van der Waals surface area contributed by atoms with E-state index in [1.54, 1.807) is 19.0 Å². The van der Waals surface area contributed by atoms with Crippen molar-refractivity contribution in [1.29, 1.82) is 0 Å². The molecule has 6 nitrogen and oxygen atoms in total. The standard InChI is InChI=1S/C19H33N5O/c1-6-20-19(22-14-18(25)23(4)5)21-13-16-10-9-11-17(12-16)15-24(7-2)8-3/h9-12H,6-8,13-15H2,1-5H3,(H2,20,21,22). The van der Waals surface area contributed by atoms with Gasteiger partial charge in [0.2, 0.25) is 5.91 Å². The van der Waals surface area contributed by atoms with Crippen molar-refractivity contribution < 1.29 is 4.79 Å². The number of guanidine groups is 1. The minimum atomic E-state index is 0.0202. The van der Waals surface area contributed by atoms with Gasteiger partial charge in [-0.15, -0.1) is 0 Å². The van der Waals surface area contributed by atoms with Gasteiger partial charge in [0, 0.05) is 27.2 Å². The first kappa shape index (κ1) is 21.0. The highest BCUT2D eigenvalue weighted by Crippen LogP contribution is 2.09. The number of carbonyl (C=O) groups is 1. The lowest BCUT2D eigenvalue weighted by Crippen LogP contribution is -2.42. The summed E-state index contributed by atoms with van der Waals surface area (Å²) in [5.41, 5.74) is 2.47. The van der Waals surface area contributed by atoms with Crippen molar-refractivity contribution in [1.82, 2.24) is 20.4 Å². The Hall–Kier alpha value is -2.08. The van der Waals surface area contributed by atoms with Crippen LogP contribution in [0, 0.1) is 0 Å². The number of nitrogens with zero attached hydrogens (tertiary/aromatic N) is 3. The molecular formula is C19H33N5O. The first-order valence-electron chi connectivity index (χ1n) is 9.02. The van der Waals surface area contributed by atoms with Crippen molar-refractivity contribution in [2.75, 3.05) is 40.3 Å². The molecule has 1 amide bonds. The van der Waals surface area contributed by atoms with E-state index < -0.39 is 0 Å². The van der Waals surface area contributed by atoms with Crippen LogP contribution in [-0.2, 0) is 17.9 Å². The average Bonchev–Trinajstić information content (AvgIpc) is 2.61. The molecule has 0 aliphatic rings. The zero-order valence-corrected chi connectivity index (χ0v) is 16.3.